The molecule has 2 aromatic heterocycles. The van der Waals surface area contributed by atoms with Crippen LogP contribution >= 0.6 is 0 Å². The molecule has 2 heterocycles. The van der Waals surface area contributed by atoms with Gasteiger partial charge in [-0.25, -0.2) is 10.8 Å². The maximum Gasteiger partial charge on any atom is 0.251 e. The van der Waals surface area contributed by atoms with E-state index in [1.54, 1.807) is 24.5 Å². The third-order valence-electron chi connectivity index (χ3n) is 3.23. The smallest absolute Gasteiger partial charge is 0.251 e. The van der Waals surface area contributed by atoms with E-state index in [2.05, 4.69) is 20.7 Å². The first-order valence-electron chi connectivity index (χ1n) is 6.79. The Morgan fingerprint density at radius 2 is 2.19 bits per heavy atom. The lowest BCUT2D eigenvalue weighted by Gasteiger charge is -2.10. The minimum absolute atomic E-state index is 0.153. The largest absolute Gasteiger partial charge is 0.348 e. The van der Waals surface area contributed by atoms with E-state index in [4.69, 9.17) is 5.84 Å². The Balaban J connectivity index is 2.11. The molecule has 0 unspecified atom stereocenters. The quantitative estimate of drug-likeness (QED) is 0.572. The summed E-state index contributed by atoms with van der Waals surface area (Å²) in [6, 6.07) is 5.30. The minimum atomic E-state index is -0.153. The first kappa shape index (κ1) is 14.9. The first-order valence-corrected chi connectivity index (χ1v) is 6.79. The van der Waals surface area contributed by atoms with E-state index >= 15 is 0 Å². The number of nitrogens with one attached hydrogen (secondary N) is 2. The molecule has 0 radical (unpaired) electrons. The molecule has 6 heteroatoms. The summed E-state index contributed by atoms with van der Waals surface area (Å²) in [6.07, 6.45) is 4.23. The van der Waals surface area contributed by atoms with Gasteiger partial charge < -0.3 is 10.7 Å². The number of anilines is 1. The number of pyridine rings is 2. The number of hydrogen-bond donors (Lipinski definition) is 3. The fourth-order valence-electron chi connectivity index (χ4n) is 1.95. The number of nitrogens with two attached hydrogens (primary N) is 1. The van der Waals surface area contributed by atoms with Gasteiger partial charge in [0.05, 0.1) is 0 Å². The van der Waals surface area contributed by atoms with Gasteiger partial charge in [0.25, 0.3) is 5.91 Å². The second kappa shape index (κ2) is 6.81. The summed E-state index contributed by atoms with van der Waals surface area (Å²) in [7, 11) is 0. The van der Waals surface area contributed by atoms with Gasteiger partial charge >= 0.3 is 0 Å². The van der Waals surface area contributed by atoms with Gasteiger partial charge in [0.2, 0.25) is 0 Å². The number of amides is 1. The van der Waals surface area contributed by atoms with Crippen LogP contribution in [-0.2, 0) is 13.0 Å². The topological polar surface area (TPSA) is 92.9 Å². The lowest BCUT2D eigenvalue weighted by atomic mass is 10.1. The number of hydrazine groups is 1. The molecule has 21 heavy (non-hydrogen) atoms. The maximum atomic E-state index is 12.2. The number of carbonyl (C=O) groups excluding carboxylic acids is 1. The molecule has 6 nitrogen and oxygen atoms in total. The predicted octanol–water partition coefficient (Wildman–Crippen LogP) is 1.56. The third-order valence-corrected chi connectivity index (χ3v) is 3.23. The van der Waals surface area contributed by atoms with Crippen LogP contribution in [0.5, 0.6) is 0 Å². The summed E-state index contributed by atoms with van der Waals surface area (Å²) in [5, 5.41) is 2.90. The number of carbonyl (C=O) groups is 1. The standard InChI is InChI=1S/C15H19N5O/c1-3-13-6-12(7-14(19-13)20-16)15(21)18-9-11-4-5-17-8-10(11)2/h4-8H,3,9,16H2,1-2H3,(H,18,21)(H,19,20). The van der Waals surface area contributed by atoms with Crippen LogP contribution in [0.4, 0.5) is 5.82 Å². The summed E-state index contributed by atoms with van der Waals surface area (Å²) in [6.45, 7) is 4.40. The third kappa shape index (κ3) is 3.76. The van der Waals surface area contributed by atoms with Crippen molar-refractivity contribution in [2.24, 2.45) is 5.84 Å². The zero-order valence-corrected chi connectivity index (χ0v) is 12.2. The van der Waals surface area contributed by atoms with E-state index in [0.29, 0.717) is 17.9 Å². The summed E-state index contributed by atoms with van der Waals surface area (Å²) in [5.74, 6) is 5.71. The van der Waals surface area contributed by atoms with E-state index < -0.39 is 0 Å². The molecule has 110 valence electrons. The molecule has 0 spiro atoms. The van der Waals surface area contributed by atoms with Crippen molar-refractivity contribution in [3.05, 3.63) is 53.0 Å². The van der Waals surface area contributed by atoms with Crippen LogP contribution in [0.15, 0.2) is 30.6 Å². The number of aromatic nitrogens is 2. The second-order valence-electron chi connectivity index (χ2n) is 4.72. The van der Waals surface area contributed by atoms with Gasteiger partial charge in [-0.3, -0.25) is 9.78 Å². The lowest BCUT2D eigenvalue weighted by Crippen LogP contribution is -2.24. The Morgan fingerprint density at radius 1 is 1.38 bits per heavy atom. The minimum Gasteiger partial charge on any atom is -0.348 e. The van der Waals surface area contributed by atoms with Gasteiger partial charge in [0.15, 0.2) is 0 Å². The Bertz CT molecular complexity index is 619. The van der Waals surface area contributed by atoms with Gasteiger partial charge in [0, 0.05) is 30.2 Å². The van der Waals surface area contributed by atoms with Crippen molar-refractivity contribution in [1.82, 2.24) is 15.3 Å². The van der Waals surface area contributed by atoms with Crippen molar-refractivity contribution in [3.8, 4) is 0 Å². The average Bonchev–Trinajstić information content (AvgIpc) is 2.53. The van der Waals surface area contributed by atoms with Crippen LogP contribution in [0, 0.1) is 6.92 Å². The van der Waals surface area contributed by atoms with E-state index in [0.717, 1.165) is 23.2 Å². The number of nitrogens with zero attached hydrogens (tertiary/aromatic N) is 2. The van der Waals surface area contributed by atoms with Crippen molar-refractivity contribution < 1.29 is 4.79 Å². The van der Waals surface area contributed by atoms with Gasteiger partial charge in [-0.1, -0.05) is 6.92 Å². The molecular weight excluding hydrogens is 266 g/mol. The van der Waals surface area contributed by atoms with Crippen LogP contribution in [0.1, 0.15) is 34.1 Å². The normalized spacial score (nSPS) is 10.2. The molecule has 0 aliphatic rings. The van der Waals surface area contributed by atoms with Gasteiger partial charge in [-0.05, 0) is 42.7 Å². The van der Waals surface area contributed by atoms with Crippen LogP contribution in [0.3, 0.4) is 0 Å². The summed E-state index contributed by atoms with van der Waals surface area (Å²) >= 11 is 0. The number of rotatable bonds is 5. The Kier molecular flexibility index (Phi) is 4.84. The number of aryl methyl sites for hydroxylation is 2. The van der Waals surface area contributed by atoms with Crippen LogP contribution in [0.25, 0.3) is 0 Å². The molecule has 0 saturated carbocycles. The number of nitrogen functional groups attached to an aromatic ring is 1. The Labute approximate surface area is 123 Å². The highest BCUT2D eigenvalue weighted by Crippen LogP contribution is 2.11. The molecule has 2 aromatic rings. The molecule has 0 atom stereocenters. The highest BCUT2D eigenvalue weighted by atomic mass is 16.1. The van der Waals surface area contributed by atoms with Crippen LogP contribution < -0.4 is 16.6 Å². The fourth-order valence-corrected chi connectivity index (χ4v) is 1.95. The molecule has 0 aliphatic carbocycles. The summed E-state index contributed by atoms with van der Waals surface area (Å²) in [4.78, 5) is 20.5. The number of hydrogen-bond acceptors (Lipinski definition) is 5. The molecular formula is C15H19N5O. The SMILES string of the molecule is CCc1cc(C(=O)NCc2ccncc2C)cc(NN)n1. The fraction of sp³-hybridized carbons (Fsp3) is 0.267. The predicted molar refractivity (Wildman–Crippen MR) is 81.6 cm³/mol. The van der Waals surface area contributed by atoms with Gasteiger partial charge in [-0.2, -0.15) is 0 Å². The Morgan fingerprint density at radius 3 is 2.86 bits per heavy atom. The van der Waals surface area contributed by atoms with Crippen molar-refractivity contribution >= 4 is 11.7 Å². The van der Waals surface area contributed by atoms with Gasteiger partial charge in [0.1, 0.15) is 5.82 Å². The molecule has 0 fully saturated rings. The monoisotopic (exact) mass is 285 g/mol. The van der Waals surface area contributed by atoms with Crippen LogP contribution in [-0.4, -0.2) is 15.9 Å². The maximum absolute atomic E-state index is 12.2. The van der Waals surface area contributed by atoms with E-state index in [1.165, 1.54) is 0 Å². The molecule has 0 aliphatic heterocycles. The Hall–Kier alpha value is -2.47. The van der Waals surface area contributed by atoms with E-state index in [-0.39, 0.29) is 5.91 Å². The molecule has 0 bridgehead atoms. The molecule has 0 saturated heterocycles. The van der Waals surface area contributed by atoms with Crippen molar-refractivity contribution in [2.45, 2.75) is 26.8 Å². The highest BCUT2D eigenvalue weighted by molar-refractivity contribution is 5.95. The zero-order chi connectivity index (χ0) is 15.2. The lowest BCUT2D eigenvalue weighted by molar-refractivity contribution is 0.0950. The average molecular weight is 285 g/mol. The van der Waals surface area contributed by atoms with E-state index in [1.807, 2.05) is 19.9 Å². The van der Waals surface area contributed by atoms with Gasteiger partial charge in [-0.15, -0.1) is 0 Å². The first-order chi connectivity index (χ1) is 10.1. The summed E-state index contributed by atoms with van der Waals surface area (Å²) in [5.41, 5.74) is 5.93. The molecule has 0 aromatic carbocycles. The summed E-state index contributed by atoms with van der Waals surface area (Å²) < 4.78 is 0. The highest BCUT2D eigenvalue weighted by Gasteiger charge is 2.09. The van der Waals surface area contributed by atoms with Crippen molar-refractivity contribution in [2.75, 3.05) is 5.43 Å². The molecule has 2 rings (SSSR count). The van der Waals surface area contributed by atoms with Crippen molar-refractivity contribution in [1.29, 1.82) is 0 Å². The zero-order valence-electron chi connectivity index (χ0n) is 12.2. The van der Waals surface area contributed by atoms with Crippen molar-refractivity contribution in [3.63, 3.8) is 0 Å². The molecule has 1 amide bonds. The molecule has 4 N–H and O–H groups in total. The van der Waals surface area contributed by atoms with E-state index in [9.17, 15) is 4.79 Å². The van der Waals surface area contributed by atoms with Crippen LogP contribution in [0.2, 0.25) is 0 Å². The second-order valence-corrected chi connectivity index (χ2v) is 4.72.